The lowest BCUT2D eigenvalue weighted by atomic mass is 10.3. The molecule has 3 nitrogen and oxygen atoms in total. The summed E-state index contributed by atoms with van der Waals surface area (Å²) in [5, 5.41) is 3.42. The fourth-order valence-corrected chi connectivity index (χ4v) is 0.170. The molecule has 0 fully saturated rings. The van der Waals surface area contributed by atoms with Crippen LogP contribution in [0.5, 0.6) is 0 Å². The Hall–Kier alpha value is -0.690. The number of nitrogens with zero attached hydrogens (tertiary/aromatic N) is 3. The Kier molecular flexibility index (Phi) is 3.15. The summed E-state index contributed by atoms with van der Waals surface area (Å²) in [7, 11) is 0. The molecule has 7 heavy (non-hydrogen) atoms. The fourth-order valence-electron chi connectivity index (χ4n) is 0.170. The van der Waals surface area contributed by atoms with E-state index in [4.69, 9.17) is 5.53 Å². The molecule has 0 radical (unpaired) electrons. The quantitative estimate of drug-likeness (QED) is 0.289. The molecule has 0 saturated carbocycles. The Morgan fingerprint density at radius 2 is 2.43 bits per heavy atom. The zero-order chi connectivity index (χ0) is 5.70. The zero-order valence-corrected chi connectivity index (χ0v) is 4.63. The highest BCUT2D eigenvalue weighted by molar-refractivity contribution is 4.55. The molecule has 0 amide bonds. The molecule has 0 aromatic rings. The third kappa shape index (κ3) is 3.13. The molecule has 0 aromatic heterocycles. The van der Waals surface area contributed by atoms with E-state index in [1.54, 1.807) is 0 Å². The number of rotatable bonds is 2. The van der Waals surface area contributed by atoms with Crippen molar-refractivity contribution in [1.82, 2.24) is 0 Å². The zero-order valence-electron chi connectivity index (χ0n) is 4.63. The number of hydrogen-bond acceptors (Lipinski definition) is 1. The minimum Gasteiger partial charge on any atom is -0.0909 e. The molecule has 0 aromatic carbocycles. The summed E-state index contributed by atoms with van der Waals surface area (Å²) in [5.41, 5.74) is 7.83. The summed E-state index contributed by atoms with van der Waals surface area (Å²) in [6, 6.07) is 0.157. The predicted molar refractivity (Wildman–Crippen MR) is 28.9 cm³/mol. The van der Waals surface area contributed by atoms with Gasteiger partial charge in [-0.15, -0.1) is 0 Å². The maximum Gasteiger partial charge on any atom is 0.0343 e. The second-order valence-corrected chi connectivity index (χ2v) is 1.46. The smallest absolute Gasteiger partial charge is 0.0343 e. The Morgan fingerprint density at radius 3 is 2.57 bits per heavy atom. The molecule has 0 spiro atoms. The lowest BCUT2D eigenvalue weighted by molar-refractivity contribution is 0.709. The molecule has 0 aliphatic rings. The van der Waals surface area contributed by atoms with Crippen molar-refractivity contribution in [3.8, 4) is 0 Å². The summed E-state index contributed by atoms with van der Waals surface area (Å²) in [6.45, 7) is 3.87. The van der Waals surface area contributed by atoms with Gasteiger partial charge in [0.25, 0.3) is 0 Å². The van der Waals surface area contributed by atoms with Crippen molar-refractivity contribution >= 4 is 0 Å². The van der Waals surface area contributed by atoms with Gasteiger partial charge in [0.05, 0.1) is 0 Å². The molecular weight excluding hydrogens is 90.1 g/mol. The van der Waals surface area contributed by atoms with Gasteiger partial charge in [0.1, 0.15) is 0 Å². The topological polar surface area (TPSA) is 48.8 Å². The van der Waals surface area contributed by atoms with Crippen LogP contribution in [0.1, 0.15) is 20.3 Å². The summed E-state index contributed by atoms with van der Waals surface area (Å²) in [6.07, 6.45) is 0.921. The van der Waals surface area contributed by atoms with Gasteiger partial charge >= 0.3 is 0 Å². The van der Waals surface area contributed by atoms with Gasteiger partial charge < -0.3 is 0 Å². The van der Waals surface area contributed by atoms with E-state index in [0.717, 1.165) is 6.42 Å². The van der Waals surface area contributed by atoms with Crippen molar-refractivity contribution in [3.05, 3.63) is 10.4 Å². The minimum absolute atomic E-state index is 0.157. The molecule has 3 heteroatoms. The van der Waals surface area contributed by atoms with Crippen LogP contribution < -0.4 is 0 Å². The standard InChI is InChI=1S/C4H9N3/c1-3-4(2)6-7-5/h4H,3H2,1-2H3/t4-/m0/s1. The normalized spacial score (nSPS) is 12.3. The van der Waals surface area contributed by atoms with Gasteiger partial charge in [0.2, 0.25) is 0 Å². The first-order valence-corrected chi connectivity index (χ1v) is 2.35. The molecule has 40 valence electrons. The average molecular weight is 99.1 g/mol. The molecule has 0 N–H and O–H groups in total. The number of hydrogen-bond donors (Lipinski definition) is 0. The Bertz CT molecular complexity index is 82.9. The van der Waals surface area contributed by atoms with E-state index in [-0.39, 0.29) is 6.04 Å². The molecule has 0 saturated heterocycles. The molecule has 0 aliphatic carbocycles. The van der Waals surface area contributed by atoms with E-state index in [2.05, 4.69) is 10.0 Å². The molecule has 0 unspecified atom stereocenters. The van der Waals surface area contributed by atoms with Crippen molar-refractivity contribution < 1.29 is 0 Å². The first-order valence-electron chi connectivity index (χ1n) is 2.35. The van der Waals surface area contributed by atoms with Gasteiger partial charge in [-0.2, -0.15) is 0 Å². The van der Waals surface area contributed by atoms with Gasteiger partial charge in [-0.3, -0.25) is 0 Å². The Labute approximate surface area is 43.0 Å². The second kappa shape index (κ2) is 3.50. The molecule has 1 atom stereocenters. The van der Waals surface area contributed by atoms with Crippen LogP contribution >= 0.6 is 0 Å². The summed E-state index contributed by atoms with van der Waals surface area (Å²) < 4.78 is 0. The van der Waals surface area contributed by atoms with Crippen LogP contribution in [0.15, 0.2) is 5.11 Å². The van der Waals surface area contributed by atoms with Crippen molar-refractivity contribution in [2.45, 2.75) is 26.3 Å². The van der Waals surface area contributed by atoms with E-state index in [9.17, 15) is 0 Å². The summed E-state index contributed by atoms with van der Waals surface area (Å²) >= 11 is 0. The Morgan fingerprint density at radius 1 is 1.86 bits per heavy atom. The maximum atomic E-state index is 7.83. The summed E-state index contributed by atoms with van der Waals surface area (Å²) in [4.78, 5) is 2.63. The molecular formula is C4H9N3. The highest BCUT2D eigenvalue weighted by atomic mass is 15.1. The van der Waals surface area contributed by atoms with Crippen LogP contribution in [0, 0.1) is 0 Å². The summed E-state index contributed by atoms with van der Waals surface area (Å²) in [5.74, 6) is 0. The third-order valence-corrected chi connectivity index (χ3v) is 0.840. The van der Waals surface area contributed by atoms with E-state index in [1.807, 2.05) is 13.8 Å². The second-order valence-electron chi connectivity index (χ2n) is 1.46. The highest BCUT2D eigenvalue weighted by Crippen LogP contribution is 1.92. The maximum absolute atomic E-state index is 7.83. The van der Waals surface area contributed by atoms with Crippen LogP contribution in [0.2, 0.25) is 0 Å². The van der Waals surface area contributed by atoms with Gasteiger partial charge in [-0.05, 0) is 12.0 Å². The van der Waals surface area contributed by atoms with Gasteiger partial charge in [-0.1, -0.05) is 19.0 Å². The SMILES string of the molecule is CC[C@H](C)N=[N+]=[N-]. The first-order chi connectivity index (χ1) is 3.31. The largest absolute Gasteiger partial charge is 0.0909 e. The fraction of sp³-hybridized carbons (Fsp3) is 1.00. The van der Waals surface area contributed by atoms with Crippen LogP contribution in [0.4, 0.5) is 0 Å². The van der Waals surface area contributed by atoms with Gasteiger partial charge in [0.15, 0.2) is 0 Å². The van der Waals surface area contributed by atoms with Crippen molar-refractivity contribution in [2.24, 2.45) is 5.11 Å². The highest BCUT2D eigenvalue weighted by Gasteiger charge is 1.87. The van der Waals surface area contributed by atoms with Gasteiger partial charge in [-0.25, -0.2) is 0 Å². The van der Waals surface area contributed by atoms with E-state index in [0.29, 0.717) is 0 Å². The van der Waals surface area contributed by atoms with Crippen molar-refractivity contribution in [3.63, 3.8) is 0 Å². The molecule has 0 aliphatic heterocycles. The molecule has 0 rings (SSSR count). The van der Waals surface area contributed by atoms with E-state index < -0.39 is 0 Å². The van der Waals surface area contributed by atoms with Crippen LogP contribution in [-0.4, -0.2) is 6.04 Å². The molecule has 0 bridgehead atoms. The van der Waals surface area contributed by atoms with Crippen molar-refractivity contribution in [2.75, 3.05) is 0 Å². The van der Waals surface area contributed by atoms with Gasteiger partial charge in [0, 0.05) is 11.0 Å². The Balaban J connectivity index is 3.35. The van der Waals surface area contributed by atoms with Crippen LogP contribution in [-0.2, 0) is 0 Å². The third-order valence-electron chi connectivity index (χ3n) is 0.840. The average Bonchev–Trinajstić information content (AvgIpc) is 1.68. The molecule has 0 heterocycles. The van der Waals surface area contributed by atoms with E-state index >= 15 is 0 Å². The first kappa shape index (κ1) is 6.31. The monoisotopic (exact) mass is 99.1 g/mol. The minimum atomic E-state index is 0.157. The van der Waals surface area contributed by atoms with Crippen molar-refractivity contribution in [1.29, 1.82) is 0 Å². The predicted octanol–water partition coefficient (Wildman–Crippen LogP) is 2.10. The lowest BCUT2D eigenvalue weighted by Gasteiger charge is -1.91. The van der Waals surface area contributed by atoms with E-state index in [1.165, 1.54) is 0 Å². The van der Waals surface area contributed by atoms with Crippen LogP contribution in [0.3, 0.4) is 0 Å². The lowest BCUT2D eigenvalue weighted by Crippen LogP contribution is -1.89. The number of azide groups is 1. The van der Waals surface area contributed by atoms with Crippen LogP contribution in [0.25, 0.3) is 10.4 Å².